The monoisotopic (exact) mass is 360 g/mol. The summed E-state index contributed by atoms with van der Waals surface area (Å²) in [6.07, 6.45) is 7.25. The first kappa shape index (κ1) is 18.5. The summed E-state index contributed by atoms with van der Waals surface area (Å²) < 4.78 is 10.5. The Kier molecular flexibility index (Phi) is 6.01. The molecule has 0 spiro atoms. The van der Waals surface area contributed by atoms with Crippen LogP contribution in [0.15, 0.2) is 18.2 Å². The summed E-state index contributed by atoms with van der Waals surface area (Å²) in [7, 11) is 3.10. The molecule has 1 heterocycles. The van der Waals surface area contributed by atoms with Crippen molar-refractivity contribution in [1.82, 2.24) is 10.2 Å². The van der Waals surface area contributed by atoms with E-state index in [0.29, 0.717) is 23.6 Å². The van der Waals surface area contributed by atoms with Gasteiger partial charge < -0.3 is 19.7 Å². The number of likely N-dealkylation sites (tertiary alicyclic amines) is 1. The van der Waals surface area contributed by atoms with Crippen molar-refractivity contribution in [1.29, 1.82) is 0 Å². The van der Waals surface area contributed by atoms with Crippen LogP contribution in [0.5, 0.6) is 11.5 Å². The fourth-order valence-electron chi connectivity index (χ4n) is 3.96. The van der Waals surface area contributed by atoms with Crippen LogP contribution in [0.25, 0.3) is 0 Å². The molecule has 6 nitrogen and oxygen atoms in total. The van der Waals surface area contributed by atoms with E-state index in [1.807, 2.05) is 0 Å². The molecule has 1 atom stereocenters. The van der Waals surface area contributed by atoms with Gasteiger partial charge in [0.2, 0.25) is 5.91 Å². The van der Waals surface area contributed by atoms with Gasteiger partial charge in [-0.05, 0) is 43.9 Å². The topological polar surface area (TPSA) is 67.9 Å². The summed E-state index contributed by atoms with van der Waals surface area (Å²) in [5.41, 5.74) is 0.514. The third kappa shape index (κ3) is 3.94. The number of ether oxygens (including phenoxy) is 2. The lowest BCUT2D eigenvalue weighted by atomic mass is 9.95. The molecule has 3 rings (SSSR count). The third-order valence-corrected chi connectivity index (χ3v) is 5.40. The molecule has 2 aliphatic rings. The second-order valence-electron chi connectivity index (χ2n) is 7.07. The first-order valence-corrected chi connectivity index (χ1v) is 9.47. The Hall–Kier alpha value is -2.24. The fraction of sp³-hybridized carbons (Fsp3) is 0.600. The van der Waals surface area contributed by atoms with Gasteiger partial charge in [0.25, 0.3) is 5.91 Å². The lowest BCUT2D eigenvalue weighted by Gasteiger charge is -2.28. The van der Waals surface area contributed by atoms with Gasteiger partial charge in [0, 0.05) is 18.2 Å². The number of methoxy groups -OCH3 is 2. The third-order valence-electron chi connectivity index (χ3n) is 5.40. The van der Waals surface area contributed by atoms with Crippen molar-refractivity contribution in [2.75, 3.05) is 20.8 Å². The Labute approximate surface area is 154 Å². The highest BCUT2D eigenvalue weighted by Gasteiger charge is 2.35. The van der Waals surface area contributed by atoms with Gasteiger partial charge in [-0.1, -0.05) is 19.3 Å². The van der Waals surface area contributed by atoms with E-state index in [0.717, 1.165) is 25.7 Å². The van der Waals surface area contributed by atoms with Gasteiger partial charge in [-0.2, -0.15) is 0 Å². The molecule has 0 unspecified atom stereocenters. The molecule has 1 saturated heterocycles. The largest absolute Gasteiger partial charge is 0.493 e. The Bertz CT molecular complexity index is 655. The molecule has 1 N–H and O–H groups in total. The first-order chi connectivity index (χ1) is 12.6. The Morgan fingerprint density at radius 1 is 1.00 bits per heavy atom. The van der Waals surface area contributed by atoms with Crippen LogP contribution < -0.4 is 14.8 Å². The number of benzene rings is 1. The normalized spacial score (nSPS) is 20.7. The maximum absolute atomic E-state index is 13.0. The quantitative estimate of drug-likeness (QED) is 0.877. The highest BCUT2D eigenvalue weighted by atomic mass is 16.5. The Morgan fingerprint density at radius 2 is 1.73 bits per heavy atom. The van der Waals surface area contributed by atoms with Gasteiger partial charge in [0.1, 0.15) is 6.04 Å². The maximum atomic E-state index is 13.0. The summed E-state index contributed by atoms with van der Waals surface area (Å²) in [5.74, 6) is 0.952. The van der Waals surface area contributed by atoms with Gasteiger partial charge in [-0.3, -0.25) is 9.59 Å². The number of amides is 2. The van der Waals surface area contributed by atoms with Gasteiger partial charge in [-0.15, -0.1) is 0 Å². The van der Waals surface area contributed by atoms with E-state index in [1.54, 1.807) is 37.3 Å². The Balaban J connectivity index is 1.70. The number of carbonyl (C=O) groups is 2. The van der Waals surface area contributed by atoms with Crippen molar-refractivity contribution in [2.45, 2.75) is 57.0 Å². The molecule has 1 aromatic rings. The van der Waals surface area contributed by atoms with Crippen LogP contribution in [0, 0.1) is 0 Å². The molecular formula is C20H28N2O4. The van der Waals surface area contributed by atoms with Gasteiger partial charge in [-0.25, -0.2) is 0 Å². The van der Waals surface area contributed by atoms with Crippen molar-refractivity contribution >= 4 is 11.8 Å². The molecule has 0 bridgehead atoms. The summed E-state index contributed by atoms with van der Waals surface area (Å²) in [6.45, 7) is 0.607. The number of nitrogens with one attached hydrogen (secondary N) is 1. The first-order valence-electron chi connectivity index (χ1n) is 9.47. The summed E-state index contributed by atoms with van der Waals surface area (Å²) in [5, 5.41) is 3.16. The summed E-state index contributed by atoms with van der Waals surface area (Å²) >= 11 is 0. The minimum Gasteiger partial charge on any atom is -0.493 e. The highest BCUT2D eigenvalue weighted by Crippen LogP contribution is 2.29. The zero-order valence-corrected chi connectivity index (χ0v) is 15.6. The van der Waals surface area contributed by atoms with Crippen molar-refractivity contribution in [2.24, 2.45) is 0 Å². The molecule has 26 heavy (non-hydrogen) atoms. The lowest BCUT2D eigenvalue weighted by Crippen LogP contribution is -2.49. The number of carbonyl (C=O) groups excluding carboxylic acids is 2. The number of rotatable bonds is 5. The molecule has 1 aromatic carbocycles. The molecule has 1 aliphatic carbocycles. The second-order valence-corrected chi connectivity index (χ2v) is 7.07. The zero-order chi connectivity index (χ0) is 18.5. The highest BCUT2D eigenvalue weighted by molar-refractivity contribution is 5.98. The van der Waals surface area contributed by atoms with Crippen LogP contribution in [-0.2, 0) is 4.79 Å². The van der Waals surface area contributed by atoms with Crippen LogP contribution in [0.4, 0.5) is 0 Å². The lowest BCUT2D eigenvalue weighted by molar-refractivity contribution is -0.125. The summed E-state index contributed by atoms with van der Waals surface area (Å²) in [6, 6.07) is 5.00. The molecule has 1 aliphatic heterocycles. The van der Waals surface area contributed by atoms with Crippen LogP contribution in [0.3, 0.4) is 0 Å². The van der Waals surface area contributed by atoms with Crippen molar-refractivity contribution in [3.8, 4) is 11.5 Å². The summed E-state index contributed by atoms with van der Waals surface area (Å²) in [4.78, 5) is 27.4. The molecule has 142 valence electrons. The zero-order valence-electron chi connectivity index (χ0n) is 15.6. The predicted octanol–water partition coefficient (Wildman–Crippen LogP) is 2.76. The molecular weight excluding hydrogens is 332 g/mol. The SMILES string of the molecule is COc1ccc(C(=O)N2CCC[C@@H]2C(=O)NC2CCCCC2)cc1OC. The van der Waals surface area contributed by atoms with Crippen LogP contribution >= 0.6 is 0 Å². The molecule has 0 aromatic heterocycles. The average molecular weight is 360 g/mol. The van der Waals surface area contributed by atoms with E-state index in [4.69, 9.17) is 9.47 Å². The number of nitrogens with zero attached hydrogens (tertiary/aromatic N) is 1. The molecule has 6 heteroatoms. The van der Waals surface area contributed by atoms with Crippen LogP contribution in [-0.4, -0.2) is 49.6 Å². The Morgan fingerprint density at radius 3 is 2.42 bits per heavy atom. The van der Waals surface area contributed by atoms with Crippen LogP contribution in [0.2, 0.25) is 0 Å². The van der Waals surface area contributed by atoms with Crippen molar-refractivity contribution in [3.63, 3.8) is 0 Å². The second kappa shape index (κ2) is 8.43. The molecule has 0 radical (unpaired) electrons. The molecule has 2 fully saturated rings. The van der Waals surface area contributed by atoms with Crippen LogP contribution in [0.1, 0.15) is 55.3 Å². The van der Waals surface area contributed by atoms with Crippen molar-refractivity contribution < 1.29 is 19.1 Å². The van der Waals surface area contributed by atoms with Gasteiger partial charge in [0.05, 0.1) is 14.2 Å². The minimum absolute atomic E-state index is 0.0109. The fourth-order valence-corrected chi connectivity index (χ4v) is 3.96. The van der Waals surface area contributed by atoms with E-state index < -0.39 is 0 Å². The molecule has 1 saturated carbocycles. The maximum Gasteiger partial charge on any atom is 0.254 e. The van der Waals surface area contributed by atoms with E-state index in [-0.39, 0.29) is 23.9 Å². The van der Waals surface area contributed by atoms with Gasteiger partial charge in [0.15, 0.2) is 11.5 Å². The van der Waals surface area contributed by atoms with Crippen molar-refractivity contribution in [3.05, 3.63) is 23.8 Å². The van der Waals surface area contributed by atoms with Gasteiger partial charge >= 0.3 is 0 Å². The smallest absolute Gasteiger partial charge is 0.254 e. The number of hydrogen-bond acceptors (Lipinski definition) is 4. The minimum atomic E-state index is -0.377. The van der Waals surface area contributed by atoms with E-state index in [2.05, 4.69) is 5.32 Å². The average Bonchev–Trinajstić information content (AvgIpc) is 3.17. The standard InChI is InChI=1S/C20H28N2O4/c1-25-17-11-10-14(13-18(17)26-2)20(24)22-12-6-9-16(22)19(23)21-15-7-4-3-5-8-15/h10-11,13,15-16H,3-9,12H2,1-2H3,(H,21,23)/t16-/m1/s1. The van der Waals surface area contributed by atoms with E-state index >= 15 is 0 Å². The number of hydrogen-bond donors (Lipinski definition) is 1. The predicted molar refractivity (Wildman–Crippen MR) is 98.6 cm³/mol. The van der Waals surface area contributed by atoms with E-state index in [9.17, 15) is 9.59 Å². The molecule has 2 amide bonds. The van der Waals surface area contributed by atoms with E-state index in [1.165, 1.54) is 19.3 Å².